The lowest BCUT2D eigenvalue weighted by Gasteiger charge is -2.05. The smallest absolute Gasteiger partial charge is 0.255 e. The van der Waals surface area contributed by atoms with Gasteiger partial charge in [0, 0.05) is 26.0 Å². The number of hydrogen-bond donors (Lipinski definition) is 2. The van der Waals surface area contributed by atoms with Gasteiger partial charge in [0.25, 0.3) is 5.91 Å². The molecule has 0 bridgehead atoms. The summed E-state index contributed by atoms with van der Waals surface area (Å²) in [5.74, 6) is 0.417. The lowest BCUT2D eigenvalue weighted by molar-refractivity contribution is 0.0948. The van der Waals surface area contributed by atoms with Crippen LogP contribution in [0.5, 0.6) is 0 Å². The van der Waals surface area contributed by atoms with Gasteiger partial charge in [0.2, 0.25) is 0 Å². The zero-order chi connectivity index (χ0) is 13.7. The van der Waals surface area contributed by atoms with E-state index in [1.165, 1.54) is 0 Å². The first-order chi connectivity index (χ1) is 9.24. The zero-order valence-electron chi connectivity index (χ0n) is 11.0. The summed E-state index contributed by atoms with van der Waals surface area (Å²) in [4.78, 5) is 12.2. The summed E-state index contributed by atoms with van der Waals surface area (Å²) in [5.41, 5.74) is 1.77. The van der Waals surface area contributed by atoms with E-state index < -0.39 is 0 Å². The van der Waals surface area contributed by atoms with Crippen molar-refractivity contribution < 1.29 is 13.9 Å². The van der Waals surface area contributed by atoms with E-state index >= 15 is 0 Å². The third-order valence-corrected chi connectivity index (χ3v) is 2.74. The molecule has 2 rings (SSSR count). The molecule has 6 heteroatoms. The van der Waals surface area contributed by atoms with E-state index in [4.69, 9.17) is 9.15 Å². The molecule has 0 unspecified atom stereocenters. The average molecular weight is 263 g/mol. The van der Waals surface area contributed by atoms with Crippen LogP contribution in [0.3, 0.4) is 0 Å². The van der Waals surface area contributed by atoms with Gasteiger partial charge < -0.3 is 14.5 Å². The Labute approximate surface area is 111 Å². The van der Waals surface area contributed by atoms with Gasteiger partial charge in [-0.25, -0.2) is 0 Å². The molecule has 0 atom stereocenters. The summed E-state index contributed by atoms with van der Waals surface area (Å²) in [6.45, 7) is 2.99. The molecule has 0 aliphatic carbocycles. The van der Waals surface area contributed by atoms with Gasteiger partial charge in [-0.3, -0.25) is 9.89 Å². The Hall–Kier alpha value is -2.08. The van der Waals surface area contributed by atoms with Crippen LogP contribution in [0.1, 0.15) is 22.5 Å². The SMILES string of the molecule is COCCCNC(=O)c1c(-c2ccco2)n[nH]c1C. The Morgan fingerprint density at radius 1 is 1.58 bits per heavy atom. The third kappa shape index (κ3) is 3.03. The maximum absolute atomic E-state index is 12.2. The highest BCUT2D eigenvalue weighted by atomic mass is 16.5. The van der Waals surface area contributed by atoms with Gasteiger partial charge in [0.05, 0.1) is 11.8 Å². The van der Waals surface area contributed by atoms with Crippen molar-refractivity contribution in [3.8, 4) is 11.5 Å². The van der Waals surface area contributed by atoms with Crippen LogP contribution in [0.2, 0.25) is 0 Å². The van der Waals surface area contributed by atoms with Gasteiger partial charge >= 0.3 is 0 Å². The predicted octanol–water partition coefficient (Wildman–Crippen LogP) is 1.74. The number of rotatable bonds is 6. The number of nitrogens with one attached hydrogen (secondary N) is 2. The Morgan fingerprint density at radius 3 is 3.11 bits per heavy atom. The van der Waals surface area contributed by atoms with Gasteiger partial charge in [-0.1, -0.05) is 0 Å². The lowest BCUT2D eigenvalue weighted by atomic mass is 10.1. The van der Waals surface area contributed by atoms with Crippen LogP contribution in [-0.2, 0) is 4.74 Å². The van der Waals surface area contributed by atoms with E-state index in [9.17, 15) is 4.79 Å². The molecule has 0 aliphatic rings. The fraction of sp³-hybridized carbons (Fsp3) is 0.385. The molecule has 2 N–H and O–H groups in total. The average Bonchev–Trinajstić information content (AvgIpc) is 3.03. The van der Waals surface area contributed by atoms with Crippen molar-refractivity contribution in [3.63, 3.8) is 0 Å². The number of aromatic nitrogens is 2. The van der Waals surface area contributed by atoms with Crippen molar-refractivity contribution in [1.29, 1.82) is 0 Å². The van der Waals surface area contributed by atoms with Crippen LogP contribution in [-0.4, -0.2) is 36.4 Å². The first-order valence-corrected chi connectivity index (χ1v) is 6.10. The van der Waals surface area contributed by atoms with Crippen LogP contribution in [0.15, 0.2) is 22.8 Å². The first kappa shape index (κ1) is 13.4. The molecule has 0 fully saturated rings. The zero-order valence-corrected chi connectivity index (χ0v) is 11.0. The predicted molar refractivity (Wildman–Crippen MR) is 69.9 cm³/mol. The Morgan fingerprint density at radius 2 is 2.42 bits per heavy atom. The first-order valence-electron chi connectivity index (χ1n) is 6.10. The number of ether oxygens (including phenoxy) is 1. The quantitative estimate of drug-likeness (QED) is 0.778. The number of H-pyrrole nitrogens is 1. The molecule has 0 saturated heterocycles. The summed E-state index contributed by atoms with van der Waals surface area (Å²) in [5, 5.41) is 9.77. The Bertz CT molecular complexity index is 531. The maximum Gasteiger partial charge on any atom is 0.255 e. The highest BCUT2D eigenvalue weighted by Gasteiger charge is 2.20. The topological polar surface area (TPSA) is 80.2 Å². The standard InChI is InChI=1S/C13H17N3O3/c1-9-11(13(17)14-6-4-7-18-2)12(16-15-9)10-5-3-8-19-10/h3,5,8H,4,6-7H2,1-2H3,(H,14,17)(H,15,16). The number of aryl methyl sites for hydroxylation is 1. The van der Waals surface area contributed by atoms with E-state index in [1.54, 1.807) is 25.5 Å². The molecule has 0 aromatic carbocycles. The second kappa shape index (κ2) is 6.19. The maximum atomic E-state index is 12.2. The number of nitrogens with zero attached hydrogens (tertiary/aromatic N) is 1. The minimum atomic E-state index is -0.159. The number of methoxy groups -OCH3 is 1. The highest BCUT2D eigenvalue weighted by Crippen LogP contribution is 2.23. The van der Waals surface area contributed by atoms with E-state index in [0.29, 0.717) is 30.2 Å². The lowest BCUT2D eigenvalue weighted by Crippen LogP contribution is -2.26. The van der Waals surface area contributed by atoms with Crippen LogP contribution >= 0.6 is 0 Å². The molecule has 1 amide bonds. The second-order valence-corrected chi connectivity index (χ2v) is 4.15. The molecule has 6 nitrogen and oxygen atoms in total. The minimum Gasteiger partial charge on any atom is -0.463 e. The minimum absolute atomic E-state index is 0.159. The third-order valence-electron chi connectivity index (χ3n) is 2.74. The number of carbonyl (C=O) groups excluding carboxylic acids is 1. The highest BCUT2D eigenvalue weighted by molar-refractivity contribution is 6.00. The molecule has 2 heterocycles. The molecule has 0 radical (unpaired) electrons. The van der Waals surface area contributed by atoms with Crippen molar-refractivity contribution in [2.24, 2.45) is 0 Å². The molecule has 0 saturated carbocycles. The summed E-state index contributed by atoms with van der Waals surface area (Å²) >= 11 is 0. The molecule has 102 valence electrons. The van der Waals surface area contributed by atoms with Gasteiger partial charge in [0.15, 0.2) is 5.76 Å². The molecular weight excluding hydrogens is 246 g/mol. The summed E-state index contributed by atoms with van der Waals surface area (Å²) < 4.78 is 10.2. The molecule has 19 heavy (non-hydrogen) atoms. The number of amides is 1. The number of carbonyl (C=O) groups is 1. The summed E-state index contributed by atoms with van der Waals surface area (Å²) in [6.07, 6.45) is 2.33. The van der Waals surface area contributed by atoms with E-state index in [2.05, 4.69) is 15.5 Å². The van der Waals surface area contributed by atoms with Crippen molar-refractivity contribution >= 4 is 5.91 Å². The molecule has 0 spiro atoms. The van der Waals surface area contributed by atoms with E-state index in [0.717, 1.165) is 12.1 Å². The number of aromatic amines is 1. The van der Waals surface area contributed by atoms with Crippen LogP contribution < -0.4 is 5.32 Å². The van der Waals surface area contributed by atoms with Crippen molar-refractivity contribution in [2.45, 2.75) is 13.3 Å². The van der Waals surface area contributed by atoms with Gasteiger partial charge in [-0.05, 0) is 25.5 Å². The second-order valence-electron chi connectivity index (χ2n) is 4.15. The van der Waals surface area contributed by atoms with Gasteiger partial charge in [-0.2, -0.15) is 5.10 Å². The number of hydrogen-bond acceptors (Lipinski definition) is 4. The monoisotopic (exact) mass is 263 g/mol. The van der Waals surface area contributed by atoms with E-state index in [-0.39, 0.29) is 5.91 Å². The molecule has 2 aromatic heterocycles. The molecular formula is C13H17N3O3. The fourth-order valence-corrected chi connectivity index (χ4v) is 1.81. The fourth-order valence-electron chi connectivity index (χ4n) is 1.81. The Kier molecular flexibility index (Phi) is 4.35. The summed E-state index contributed by atoms with van der Waals surface area (Å²) in [6, 6.07) is 3.54. The van der Waals surface area contributed by atoms with Crippen LogP contribution in [0.4, 0.5) is 0 Å². The van der Waals surface area contributed by atoms with Crippen LogP contribution in [0, 0.1) is 6.92 Å². The van der Waals surface area contributed by atoms with Gasteiger partial charge in [-0.15, -0.1) is 0 Å². The van der Waals surface area contributed by atoms with Crippen molar-refractivity contribution in [1.82, 2.24) is 15.5 Å². The largest absolute Gasteiger partial charge is 0.463 e. The van der Waals surface area contributed by atoms with Crippen molar-refractivity contribution in [3.05, 3.63) is 29.7 Å². The normalized spacial score (nSPS) is 10.6. The number of furan rings is 1. The Balaban J connectivity index is 2.11. The molecule has 2 aromatic rings. The van der Waals surface area contributed by atoms with E-state index in [1.807, 2.05) is 6.92 Å². The van der Waals surface area contributed by atoms with Crippen LogP contribution in [0.25, 0.3) is 11.5 Å². The van der Waals surface area contributed by atoms with Gasteiger partial charge in [0.1, 0.15) is 5.69 Å². The summed E-state index contributed by atoms with van der Waals surface area (Å²) in [7, 11) is 1.64. The molecule has 0 aliphatic heterocycles. The van der Waals surface area contributed by atoms with Crippen molar-refractivity contribution in [2.75, 3.05) is 20.3 Å².